The van der Waals surface area contributed by atoms with Crippen LogP contribution in [0.3, 0.4) is 0 Å². The zero-order chi connectivity index (χ0) is 12.6. The van der Waals surface area contributed by atoms with Crippen molar-refractivity contribution in [2.45, 2.75) is 13.3 Å². The van der Waals surface area contributed by atoms with Crippen molar-refractivity contribution in [3.05, 3.63) is 23.1 Å². The highest BCUT2D eigenvalue weighted by atomic mass is 35.5. The molecule has 92 valence electrons. The van der Waals surface area contributed by atoms with Crippen LogP contribution >= 0.6 is 11.6 Å². The van der Waals surface area contributed by atoms with E-state index in [9.17, 15) is 9.59 Å². The molecule has 1 aromatic heterocycles. The van der Waals surface area contributed by atoms with Crippen LogP contribution in [0.25, 0.3) is 0 Å². The Bertz CT molecular complexity index is 470. The van der Waals surface area contributed by atoms with Gasteiger partial charge in [-0.2, -0.15) is 0 Å². The van der Waals surface area contributed by atoms with E-state index >= 15 is 0 Å². The Balaban J connectivity index is 2.15. The quantitative estimate of drug-likeness (QED) is 0.878. The van der Waals surface area contributed by atoms with E-state index in [2.05, 4.69) is 0 Å². The number of hydrogen-bond donors (Lipinski definition) is 1. The molecule has 2 rings (SSSR count). The standard InChI is InChI=1S/C11H12ClNO4/c1-11(10(15)16)3-4-13(6-11)9(14)7-2-5-17-8(7)12/h2,5H,3-4,6H2,1H3,(H,15,16). The molecule has 2 heterocycles. The van der Waals surface area contributed by atoms with Crippen molar-refractivity contribution in [2.75, 3.05) is 13.1 Å². The summed E-state index contributed by atoms with van der Waals surface area (Å²) in [5, 5.41) is 9.12. The van der Waals surface area contributed by atoms with Crippen molar-refractivity contribution in [1.29, 1.82) is 0 Å². The molecule has 0 aliphatic carbocycles. The zero-order valence-corrected chi connectivity index (χ0v) is 10.0. The van der Waals surface area contributed by atoms with Gasteiger partial charge >= 0.3 is 5.97 Å². The van der Waals surface area contributed by atoms with Crippen molar-refractivity contribution >= 4 is 23.5 Å². The number of nitrogens with zero attached hydrogens (tertiary/aromatic N) is 1. The molecule has 6 heteroatoms. The van der Waals surface area contributed by atoms with Gasteiger partial charge in [-0.3, -0.25) is 9.59 Å². The summed E-state index contributed by atoms with van der Waals surface area (Å²) in [6, 6.07) is 1.49. The fraction of sp³-hybridized carbons (Fsp3) is 0.455. The first-order valence-electron chi connectivity index (χ1n) is 5.20. The van der Waals surface area contributed by atoms with Crippen molar-refractivity contribution in [2.24, 2.45) is 5.41 Å². The number of rotatable bonds is 2. The third-order valence-electron chi connectivity index (χ3n) is 3.13. The van der Waals surface area contributed by atoms with Crippen molar-refractivity contribution in [3.63, 3.8) is 0 Å². The minimum Gasteiger partial charge on any atom is -0.481 e. The minimum atomic E-state index is -0.883. The lowest BCUT2D eigenvalue weighted by molar-refractivity contribution is -0.147. The SMILES string of the molecule is CC1(C(=O)O)CCN(C(=O)c2ccoc2Cl)C1. The summed E-state index contributed by atoms with van der Waals surface area (Å²) in [7, 11) is 0. The van der Waals surface area contributed by atoms with Gasteiger partial charge in [-0.15, -0.1) is 0 Å². The second-order valence-corrected chi connectivity index (χ2v) is 4.79. The third kappa shape index (κ3) is 2.02. The second-order valence-electron chi connectivity index (χ2n) is 4.45. The predicted octanol–water partition coefficient (Wildman–Crippen LogP) is 1.87. The van der Waals surface area contributed by atoms with Crippen molar-refractivity contribution in [3.8, 4) is 0 Å². The zero-order valence-electron chi connectivity index (χ0n) is 9.27. The molecule has 1 aromatic rings. The van der Waals surface area contributed by atoms with E-state index < -0.39 is 11.4 Å². The molecule has 1 aliphatic heterocycles. The maximum absolute atomic E-state index is 12.0. The summed E-state index contributed by atoms with van der Waals surface area (Å²) < 4.78 is 4.85. The van der Waals surface area contributed by atoms with E-state index in [-0.39, 0.29) is 23.2 Å². The van der Waals surface area contributed by atoms with Crippen LogP contribution in [-0.2, 0) is 4.79 Å². The number of aliphatic carboxylic acids is 1. The fourth-order valence-corrected chi connectivity index (χ4v) is 2.12. The highest BCUT2D eigenvalue weighted by molar-refractivity contribution is 6.32. The van der Waals surface area contributed by atoms with Crippen molar-refractivity contribution < 1.29 is 19.1 Å². The normalized spacial score (nSPS) is 24.0. The van der Waals surface area contributed by atoms with E-state index in [0.29, 0.717) is 13.0 Å². The van der Waals surface area contributed by atoms with Gasteiger partial charge in [0.1, 0.15) is 0 Å². The van der Waals surface area contributed by atoms with E-state index in [1.807, 2.05) is 0 Å². The van der Waals surface area contributed by atoms with Crippen LogP contribution in [0.15, 0.2) is 16.7 Å². The number of hydrogen-bond acceptors (Lipinski definition) is 3. The Morgan fingerprint density at radius 3 is 2.76 bits per heavy atom. The first kappa shape index (κ1) is 12.0. The summed E-state index contributed by atoms with van der Waals surface area (Å²) in [6.07, 6.45) is 1.78. The monoisotopic (exact) mass is 257 g/mol. The van der Waals surface area contributed by atoms with E-state index in [4.69, 9.17) is 21.1 Å². The maximum Gasteiger partial charge on any atom is 0.311 e. The van der Waals surface area contributed by atoms with Crippen LogP contribution in [-0.4, -0.2) is 35.0 Å². The maximum atomic E-state index is 12.0. The van der Waals surface area contributed by atoms with Gasteiger partial charge in [0, 0.05) is 13.1 Å². The average molecular weight is 258 g/mol. The third-order valence-corrected chi connectivity index (χ3v) is 3.42. The molecule has 0 radical (unpaired) electrons. The number of carboxylic acids is 1. The van der Waals surface area contributed by atoms with E-state index in [0.717, 1.165) is 0 Å². The van der Waals surface area contributed by atoms with Gasteiger partial charge in [0.05, 0.1) is 17.2 Å². The van der Waals surface area contributed by atoms with Crippen LogP contribution in [0.4, 0.5) is 0 Å². The number of carbonyl (C=O) groups excluding carboxylic acids is 1. The van der Waals surface area contributed by atoms with Gasteiger partial charge in [0.25, 0.3) is 5.91 Å². The Morgan fingerprint density at radius 2 is 2.29 bits per heavy atom. The van der Waals surface area contributed by atoms with Crippen LogP contribution in [0.1, 0.15) is 23.7 Å². The second kappa shape index (κ2) is 4.07. The molecule has 0 aromatic carbocycles. The summed E-state index contributed by atoms with van der Waals surface area (Å²) in [6.45, 7) is 2.26. The van der Waals surface area contributed by atoms with Crippen LogP contribution in [0, 0.1) is 5.41 Å². The molecule has 17 heavy (non-hydrogen) atoms. The Morgan fingerprint density at radius 1 is 1.59 bits per heavy atom. The topological polar surface area (TPSA) is 70.8 Å². The van der Waals surface area contributed by atoms with Gasteiger partial charge in [-0.1, -0.05) is 0 Å². The number of halogens is 1. The smallest absolute Gasteiger partial charge is 0.311 e. The van der Waals surface area contributed by atoms with Crippen LogP contribution in [0.2, 0.25) is 5.22 Å². The van der Waals surface area contributed by atoms with E-state index in [1.165, 1.54) is 17.2 Å². The molecule has 0 bridgehead atoms. The van der Waals surface area contributed by atoms with Gasteiger partial charge in [-0.05, 0) is 31.0 Å². The van der Waals surface area contributed by atoms with Crippen LogP contribution < -0.4 is 0 Å². The predicted molar refractivity (Wildman–Crippen MR) is 60.0 cm³/mol. The Kier molecular flexibility index (Phi) is 2.87. The van der Waals surface area contributed by atoms with Gasteiger partial charge < -0.3 is 14.4 Å². The summed E-state index contributed by atoms with van der Waals surface area (Å²) in [5.74, 6) is -1.17. The molecule has 1 N–H and O–H groups in total. The molecular weight excluding hydrogens is 246 g/mol. The molecule has 1 unspecified atom stereocenters. The lowest BCUT2D eigenvalue weighted by atomic mass is 9.90. The minimum absolute atomic E-state index is 0.0407. The number of likely N-dealkylation sites (tertiary alicyclic amines) is 1. The van der Waals surface area contributed by atoms with Gasteiger partial charge in [0.2, 0.25) is 5.22 Å². The Labute approximate surface area is 103 Å². The van der Waals surface area contributed by atoms with Crippen molar-refractivity contribution in [1.82, 2.24) is 4.90 Å². The number of carbonyl (C=O) groups is 2. The lowest BCUT2D eigenvalue weighted by Gasteiger charge is -2.19. The van der Waals surface area contributed by atoms with Gasteiger partial charge in [-0.25, -0.2) is 0 Å². The fourth-order valence-electron chi connectivity index (χ4n) is 1.93. The van der Waals surface area contributed by atoms with Crippen LogP contribution in [0.5, 0.6) is 0 Å². The Hall–Kier alpha value is -1.49. The molecular formula is C11H12ClNO4. The molecule has 1 atom stereocenters. The number of furan rings is 1. The molecule has 0 saturated carbocycles. The highest BCUT2D eigenvalue weighted by Crippen LogP contribution is 2.32. The number of carboxylic acid groups (broad SMARTS) is 1. The molecule has 1 aliphatic rings. The molecule has 1 fully saturated rings. The molecule has 0 spiro atoms. The first-order valence-corrected chi connectivity index (χ1v) is 5.57. The van der Waals surface area contributed by atoms with E-state index in [1.54, 1.807) is 6.92 Å². The lowest BCUT2D eigenvalue weighted by Crippen LogP contribution is -2.34. The highest BCUT2D eigenvalue weighted by Gasteiger charge is 2.42. The molecule has 1 amide bonds. The molecule has 5 nitrogen and oxygen atoms in total. The molecule has 1 saturated heterocycles. The summed E-state index contributed by atoms with van der Waals surface area (Å²) in [5.41, 5.74) is -0.590. The number of amides is 1. The summed E-state index contributed by atoms with van der Waals surface area (Å²) >= 11 is 5.72. The largest absolute Gasteiger partial charge is 0.481 e. The first-order chi connectivity index (χ1) is 7.94. The van der Waals surface area contributed by atoms with Gasteiger partial charge in [0.15, 0.2) is 0 Å². The summed E-state index contributed by atoms with van der Waals surface area (Å²) in [4.78, 5) is 24.6. The average Bonchev–Trinajstić information content (AvgIpc) is 2.85.